The van der Waals surface area contributed by atoms with Gasteiger partial charge in [0.2, 0.25) is 0 Å². The van der Waals surface area contributed by atoms with Gasteiger partial charge in [0.25, 0.3) is 0 Å². The average Bonchev–Trinajstić information content (AvgIpc) is 2.43. The molecule has 2 rings (SSSR count). The minimum absolute atomic E-state index is 0.244. The number of aryl methyl sites for hydroxylation is 1. The Morgan fingerprint density at radius 1 is 1.05 bits per heavy atom. The molecular weight excluding hydrogens is 265 g/mol. The van der Waals surface area contributed by atoms with Gasteiger partial charge in [-0.25, -0.2) is 4.39 Å². The van der Waals surface area contributed by atoms with E-state index in [0.29, 0.717) is 17.9 Å². The largest absolute Gasteiger partial charge is 0.457 e. The zero-order chi connectivity index (χ0) is 15.4. The summed E-state index contributed by atoms with van der Waals surface area (Å²) in [7, 11) is 0. The zero-order valence-electron chi connectivity index (χ0n) is 13.0. The molecular formula is C18H22FNO. The van der Waals surface area contributed by atoms with Crippen molar-refractivity contribution in [3.8, 4) is 11.5 Å². The normalized spacial score (nSPS) is 11.0. The summed E-state index contributed by atoms with van der Waals surface area (Å²) >= 11 is 0. The zero-order valence-corrected chi connectivity index (χ0v) is 13.0. The van der Waals surface area contributed by atoms with E-state index >= 15 is 0 Å². The Bertz CT molecular complexity index is 623. The van der Waals surface area contributed by atoms with Gasteiger partial charge in [-0.15, -0.1) is 0 Å². The van der Waals surface area contributed by atoms with Crippen LogP contribution in [0.4, 0.5) is 4.39 Å². The van der Waals surface area contributed by atoms with Gasteiger partial charge in [-0.05, 0) is 43.2 Å². The fourth-order valence-electron chi connectivity index (χ4n) is 2.07. The van der Waals surface area contributed by atoms with E-state index in [9.17, 15) is 4.39 Å². The second-order valence-corrected chi connectivity index (χ2v) is 5.55. The summed E-state index contributed by atoms with van der Waals surface area (Å²) in [5.74, 6) is 1.09. The third-order valence-corrected chi connectivity index (χ3v) is 3.54. The van der Waals surface area contributed by atoms with Crippen molar-refractivity contribution in [3.63, 3.8) is 0 Å². The molecule has 2 aromatic rings. The van der Waals surface area contributed by atoms with E-state index < -0.39 is 0 Å². The monoisotopic (exact) mass is 287 g/mol. The molecule has 0 radical (unpaired) electrons. The summed E-state index contributed by atoms with van der Waals surface area (Å²) < 4.78 is 20.0. The highest BCUT2D eigenvalue weighted by Crippen LogP contribution is 2.30. The molecule has 0 aromatic heterocycles. The second-order valence-electron chi connectivity index (χ2n) is 5.55. The number of hydrogen-bond acceptors (Lipinski definition) is 2. The van der Waals surface area contributed by atoms with E-state index in [2.05, 4.69) is 5.32 Å². The molecule has 0 saturated carbocycles. The molecule has 0 atom stereocenters. The first kappa shape index (κ1) is 15.5. The van der Waals surface area contributed by atoms with Crippen molar-refractivity contribution in [3.05, 3.63) is 58.9 Å². The van der Waals surface area contributed by atoms with Crippen LogP contribution in [-0.2, 0) is 6.54 Å². The van der Waals surface area contributed by atoms with Gasteiger partial charge in [0.1, 0.15) is 17.3 Å². The van der Waals surface area contributed by atoms with Crippen LogP contribution < -0.4 is 10.1 Å². The highest BCUT2D eigenvalue weighted by Gasteiger charge is 2.12. The Morgan fingerprint density at radius 3 is 2.43 bits per heavy atom. The van der Waals surface area contributed by atoms with Crippen LogP contribution in [0.3, 0.4) is 0 Å². The summed E-state index contributed by atoms with van der Waals surface area (Å²) in [6, 6.07) is 11.1. The van der Waals surface area contributed by atoms with Crippen molar-refractivity contribution in [1.82, 2.24) is 5.32 Å². The molecule has 3 heteroatoms. The van der Waals surface area contributed by atoms with Crippen molar-refractivity contribution in [2.24, 2.45) is 0 Å². The van der Waals surface area contributed by atoms with Crippen molar-refractivity contribution in [2.75, 3.05) is 0 Å². The molecule has 0 heterocycles. The summed E-state index contributed by atoms with van der Waals surface area (Å²) in [4.78, 5) is 0. The van der Waals surface area contributed by atoms with Gasteiger partial charge in [-0.1, -0.05) is 32.0 Å². The van der Waals surface area contributed by atoms with Gasteiger partial charge in [0.05, 0.1) is 0 Å². The number of ether oxygens (including phenoxy) is 1. The number of nitrogens with one attached hydrogen (secondary N) is 1. The molecule has 0 aliphatic carbocycles. The third kappa shape index (κ3) is 3.82. The molecule has 0 unspecified atom stereocenters. The highest BCUT2D eigenvalue weighted by atomic mass is 19.1. The van der Waals surface area contributed by atoms with Crippen molar-refractivity contribution < 1.29 is 9.13 Å². The molecule has 112 valence electrons. The predicted molar refractivity (Wildman–Crippen MR) is 84.4 cm³/mol. The van der Waals surface area contributed by atoms with Gasteiger partial charge < -0.3 is 10.1 Å². The summed E-state index contributed by atoms with van der Waals surface area (Å²) in [5, 5.41) is 3.23. The highest BCUT2D eigenvalue weighted by molar-refractivity contribution is 5.44. The maximum Gasteiger partial charge on any atom is 0.134 e. The Kier molecular flexibility index (Phi) is 4.97. The van der Waals surface area contributed by atoms with Crippen LogP contribution in [0.25, 0.3) is 0 Å². The summed E-state index contributed by atoms with van der Waals surface area (Å²) in [6.45, 7) is 8.56. The third-order valence-electron chi connectivity index (χ3n) is 3.54. The first-order chi connectivity index (χ1) is 9.99. The van der Waals surface area contributed by atoms with E-state index in [1.807, 2.05) is 52.0 Å². The fraction of sp³-hybridized carbons (Fsp3) is 0.333. The van der Waals surface area contributed by atoms with E-state index in [4.69, 9.17) is 4.74 Å². The smallest absolute Gasteiger partial charge is 0.134 e. The molecule has 0 aliphatic rings. The van der Waals surface area contributed by atoms with E-state index in [0.717, 1.165) is 16.9 Å². The molecule has 0 fully saturated rings. The van der Waals surface area contributed by atoms with E-state index in [1.54, 1.807) is 6.07 Å². The quantitative estimate of drug-likeness (QED) is 0.858. The summed E-state index contributed by atoms with van der Waals surface area (Å²) in [6.07, 6.45) is 0. The molecule has 0 saturated heterocycles. The Morgan fingerprint density at radius 2 is 1.71 bits per heavy atom. The lowest BCUT2D eigenvalue weighted by molar-refractivity contribution is 0.454. The van der Waals surface area contributed by atoms with Crippen LogP contribution in [0.5, 0.6) is 11.5 Å². The van der Waals surface area contributed by atoms with Crippen molar-refractivity contribution in [1.29, 1.82) is 0 Å². The maximum absolute atomic E-state index is 14.1. The van der Waals surface area contributed by atoms with Crippen LogP contribution in [0, 0.1) is 19.7 Å². The Hall–Kier alpha value is -1.87. The average molecular weight is 287 g/mol. The minimum Gasteiger partial charge on any atom is -0.457 e. The van der Waals surface area contributed by atoms with E-state index in [1.165, 1.54) is 6.07 Å². The lowest BCUT2D eigenvalue weighted by Crippen LogP contribution is -2.22. The predicted octanol–water partition coefficient (Wildman–Crippen LogP) is 4.73. The molecule has 2 aromatic carbocycles. The molecule has 0 bridgehead atoms. The first-order valence-corrected chi connectivity index (χ1v) is 7.24. The van der Waals surface area contributed by atoms with E-state index in [-0.39, 0.29) is 11.9 Å². The van der Waals surface area contributed by atoms with Crippen LogP contribution in [-0.4, -0.2) is 6.04 Å². The Labute approximate surface area is 126 Å². The van der Waals surface area contributed by atoms with Crippen LogP contribution in [0.1, 0.15) is 30.5 Å². The first-order valence-electron chi connectivity index (χ1n) is 7.24. The number of hydrogen-bond donors (Lipinski definition) is 1. The summed E-state index contributed by atoms with van der Waals surface area (Å²) in [5.41, 5.74) is 2.79. The SMILES string of the molecule is Cc1cccc(Oc2cccc(F)c2CNC(C)C)c1C. The number of halogens is 1. The number of rotatable bonds is 5. The standard InChI is InChI=1S/C18H22FNO/c1-12(2)20-11-15-16(19)8-6-10-18(15)21-17-9-5-7-13(3)14(17)4/h5-10,12,20H,11H2,1-4H3. The van der Waals surface area contributed by atoms with Gasteiger partial charge >= 0.3 is 0 Å². The lowest BCUT2D eigenvalue weighted by Gasteiger charge is -2.16. The van der Waals surface area contributed by atoms with Gasteiger partial charge in [-0.2, -0.15) is 0 Å². The second kappa shape index (κ2) is 6.72. The van der Waals surface area contributed by atoms with Gasteiger partial charge in [0, 0.05) is 18.2 Å². The molecule has 2 nitrogen and oxygen atoms in total. The van der Waals surface area contributed by atoms with Crippen molar-refractivity contribution >= 4 is 0 Å². The minimum atomic E-state index is -0.244. The van der Waals surface area contributed by atoms with Crippen LogP contribution in [0.2, 0.25) is 0 Å². The lowest BCUT2D eigenvalue weighted by atomic mass is 10.1. The fourth-order valence-corrected chi connectivity index (χ4v) is 2.07. The molecule has 0 spiro atoms. The molecule has 0 aliphatic heterocycles. The van der Waals surface area contributed by atoms with Gasteiger partial charge in [-0.3, -0.25) is 0 Å². The van der Waals surface area contributed by atoms with Crippen molar-refractivity contribution in [2.45, 2.75) is 40.3 Å². The van der Waals surface area contributed by atoms with Crippen LogP contribution >= 0.6 is 0 Å². The van der Waals surface area contributed by atoms with Crippen LogP contribution in [0.15, 0.2) is 36.4 Å². The van der Waals surface area contributed by atoms with Gasteiger partial charge in [0.15, 0.2) is 0 Å². The molecule has 0 amide bonds. The Balaban J connectivity index is 2.31. The molecule has 1 N–H and O–H groups in total. The topological polar surface area (TPSA) is 21.3 Å². The maximum atomic E-state index is 14.1. The molecule has 21 heavy (non-hydrogen) atoms. The number of benzene rings is 2.